The molecule has 1 atom stereocenters. The third kappa shape index (κ3) is 6.99. The maximum atomic E-state index is 9.89. The summed E-state index contributed by atoms with van der Waals surface area (Å²) >= 11 is 0. The first-order valence-electron chi connectivity index (χ1n) is 7.81. The molecule has 0 amide bonds. The van der Waals surface area contributed by atoms with Crippen LogP contribution < -0.4 is 5.32 Å². The van der Waals surface area contributed by atoms with E-state index in [0.717, 1.165) is 25.7 Å². The second kappa shape index (κ2) is 9.68. The molecule has 0 aromatic carbocycles. The fourth-order valence-corrected chi connectivity index (χ4v) is 2.57. The van der Waals surface area contributed by atoms with Gasteiger partial charge in [0.1, 0.15) is 0 Å². The predicted molar refractivity (Wildman–Crippen MR) is 78.8 cm³/mol. The van der Waals surface area contributed by atoms with Crippen LogP contribution >= 0.6 is 0 Å². The van der Waals surface area contributed by atoms with Crippen molar-refractivity contribution in [3.8, 4) is 0 Å². The van der Waals surface area contributed by atoms with Gasteiger partial charge in [-0.2, -0.15) is 0 Å². The van der Waals surface area contributed by atoms with Crippen LogP contribution in [0.5, 0.6) is 0 Å². The molecule has 120 valence electrons. The van der Waals surface area contributed by atoms with Crippen molar-refractivity contribution in [1.29, 1.82) is 0 Å². The highest BCUT2D eigenvalue weighted by Gasteiger charge is 2.31. The van der Waals surface area contributed by atoms with Crippen LogP contribution in [0.15, 0.2) is 0 Å². The van der Waals surface area contributed by atoms with Crippen LogP contribution in [-0.4, -0.2) is 60.9 Å². The minimum Gasteiger partial charge on any atom is -0.394 e. The lowest BCUT2D eigenvalue weighted by molar-refractivity contribution is -0.0136. The van der Waals surface area contributed by atoms with Gasteiger partial charge in [0, 0.05) is 12.1 Å². The van der Waals surface area contributed by atoms with E-state index in [-0.39, 0.29) is 18.2 Å². The molecule has 1 aliphatic carbocycles. The van der Waals surface area contributed by atoms with Crippen LogP contribution in [0.3, 0.4) is 0 Å². The predicted octanol–water partition coefficient (Wildman–Crippen LogP) is 1.07. The number of ether oxygens (including phenoxy) is 2. The molecule has 0 aromatic rings. The fraction of sp³-hybridized carbons (Fsp3) is 1.00. The zero-order chi connectivity index (χ0) is 14.8. The topological polar surface area (TPSA) is 71.0 Å². The average Bonchev–Trinajstić information content (AvgIpc) is 2.45. The Morgan fingerprint density at radius 3 is 2.45 bits per heavy atom. The number of aliphatic hydroxyl groups is 2. The molecule has 0 heterocycles. The van der Waals surface area contributed by atoms with Gasteiger partial charge in [-0.1, -0.05) is 19.3 Å². The Morgan fingerprint density at radius 1 is 1.15 bits per heavy atom. The number of hydrogen-bond acceptors (Lipinski definition) is 5. The molecule has 20 heavy (non-hydrogen) atoms. The number of nitrogens with one attached hydrogen (secondary N) is 1. The lowest BCUT2D eigenvalue weighted by atomic mass is 9.82. The van der Waals surface area contributed by atoms with Gasteiger partial charge >= 0.3 is 0 Å². The van der Waals surface area contributed by atoms with Crippen molar-refractivity contribution in [2.24, 2.45) is 0 Å². The van der Waals surface area contributed by atoms with Crippen molar-refractivity contribution in [1.82, 2.24) is 5.32 Å². The van der Waals surface area contributed by atoms with E-state index in [4.69, 9.17) is 9.47 Å². The molecule has 1 aliphatic rings. The monoisotopic (exact) mass is 289 g/mol. The summed E-state index contributed by atoms with van der Waals surface area (Å²) < 4.78 is 10.7. The molecule has 1 fully saturated rings. The summed E-state index contributed by atoms with van der Waals surface area (Å²) in [5.41, 5.74) is -0.194. The quantitative estimate of drug-likeness (QED) is 0.525. The van der Waals surface area contributed by atoms with Gasteiger partial charge in [-0.15, -0.1) is 0 Å². The van der Waals surface area contributed by atoms with Crippen molar-refractivity contribution in [3.05, 3.63) is 0 Å². The summed E-state index contributed by atoms with van der Waals surface area (Å²) in [6.45, 7) is 5.93. The van der Waals surface area contributed by atoms with Gasteiger partial charge in [-0.3, -0.25) is 0 Å². The molecular formula is C15H31NO4. The standard InChI is InChI=1S/C15H31NO4/c1-13(2)20-9-8-19-11-14(18)10-16-15(12-17)6-4-3-5-7-15/h13-14,16-18H,3-12H2,1-2H3. The first-order chi connectivity index (χ1) is 9.58. The summed E-state index contributed by atoms with van der Waals surface area (Å²) in [4.78, 5) is 0. The fourth-order valence-electron chi connectivity index (χ4n) is 2.57. The SMILES string of the molecule is CC(C)OCCOCC(O)CNC1(CO)CCCCC1. The van der Waals surface area contributed by atoms with Crippen LogP contribution in [0.4, 0.5) is 0 Å². The molecule has 1 rings (SSSR count). The van der Waals surface area contributed by atoms with E-state index < -0.39 is 6.10 Å². The second-order valence-electron chi connectivity index (χ2n) is 6.03. The van der Waals surface area contributed by atoms with E-state index in [1.807, 2.05) is 13.8 Å². The molecule has 0 saturated heterocycles. The Balaban J connectivity index is 2.10. The van der Waals surface area contributed by atoms with E-state index in [1.165, 1.54) is 6.42 Å². The summed E-state index contributed by atoms with van der Waals surface area (Å²) in [5.74, 6) is 0. The van der Waals surface area contributed by atoms with Crippen molar-refractivity contribution in [3.63, 3.8) is 0 Å². The van der Waals surface area contributed by atoms with Gasteiger partial charge in [0.2, 0.25) is 0 Å². The maximum Gasteiger partial charge on any atom is 0.0897 e. The minimum absolute atomic E-state index is 0.142. The summed E-state index contributed by atoms with van der Waals surface area (Å²) in [7, 11) is 0. The van der Waals surface area contributed by atoms with E-state index >= 15 is 0 Å². The smallest absolute Gasteiger partial charge is 0.0897 e. The summed E-state index contributed by atoms with van der Waals surface area (Å²) in [5, 5.41) is 22.8. The lowest BCUT2D eigenvalue weighted by Crippen LogP contribution is -2.52. The highest BCUT2D eigenvalue weighted by Crippen LogP contribution is 2.27. The Bertz CT molecular complexity index is 242. The molecule has 0 aromatic heterocycles. The molecule has 0 bridgehead atoms. The van der Waals surface area contributed by atoms with E-state index in [2.05, 4.69) is 5.32 Å². The number of β-amino-alcohol motifs (C(OH)–C–C–N with tert-alkyl or cyclic N) is 1. The van der Waals surface area contributed by atoms with Crippen LogP contribution in [0, 0.1) is 0 Å². The first-order valence-corrected chi connectivity index (χ1v) is 7.81. The van der Waals surface area contributed by atoms with Crippen molar-refractivity contribution >= 4 is 0 Å². The molecule has 0 spiro atoms. The van der Waals surface area contributed by atoms with E-state index in [9.17, 15) is 10.2 Å². The van der Waals surface area contributed by atoms with Crippen LogP contribution in [-0.2, 0) is 9.47 Å². The van der Waals surface area contributed by atoms with Gasteiger partial charge in [0.15, 0.2) is 0 Å². The maximum absolute atomic E-state index is 9.89. The summed E-state index contributed by atoms with van der Waals surface area (Å²) in [6.07, 6.45) is 5.17. The number of hydrogen-bond donors (Lipinski definition) is 3. The third-order valence-corrected chi connectivity index (χ3v) is 3.82. The lowest BCUT2D eigenvalue weighted by Gasteiger charge is -2.37. The molecule has 1 saturated carbocycles. The van der Waals surface area contributed by atoms with Crippen molar-refractivity contribution < 1.29 is 19.7 Å². The highest BCUT2D eigenvalue weighted by molar-refractivity contribution is 4.90. The largest absolute Gasteiger partial charge is 0.394 e. The van der Waals surface area contributed by atoms with Crippen LogP contribution in [0.2, 0.25) is 0 Å². The van der Waals surface area contributed by atoms with Crippen LogP contribution in [0.25, 0.3) is 0 Å². The third-order valence-electron chi connectivity index (χ3n) is 3.82. The van der Waals surface area contributed by atoms with Gasteiger partial charge < -0.3 is 25.0 Å². The average molecular weight is 289 g/mol. The number of rotatable bonds is 10. The molecule has 0 aliphatic heterocycles. The molecular weight excluding hydrogens is 258 g/mol. The Morgan fingerprint density at radius 2 is 1.85 bits per heavy atom. The number of aliphatic hydroxyl groups excluding tert-OH is 2. The minimum atomic E-state index is -0.542. The summed E-state index contributed by atoms with van der Waals surface area (Å²) in [6, 6.07) is 0. The molecule has 3 N–H and O–H groups in total. The highest BCUT2D eigenvalue weighted by atomic mass is 16.5. The first kappa shape index (κ1) is 17.9. The van der Waals surface area contributed by atoms with Gasteiger partial charge in [-0.25, -0.2) is 0 Å². The van der Waals surface area contributed by atoms with Crippen molar-refractivity contribution in [2.75, 3.05) is 33.0 Å². The van der Waals surface area contributed by atoms with Crippen molar-refractivity contribution in [2.45, 2.75) is 63.7 Å². The zero-order valence-corrected chi connectivity index (χ0v) is 12.9. The van der Waals surface area contributed by atoms with Gasteiger partial charge in [0.25, 0.3) is 0 Å². The Labute approximate surface area is 122 Å². The molecule has 5 heteroatoms. The Kier molecular flexibility index (Phi) is 8.64. The molecule has 0 radical (unpaired) electrons. The van der Waals surface area contributed by atoms with Gasteiger partial charge in [-0.05, 0) is 26.7 Å². The molecule has 5 nitrogen and oxygen atoms in total. The second-order valence-corrected chi connectivity index (χ2v) is 6.03. The molecule has 1 unspecified atom stereocenters. The van der Waals surface area contributed by atoms with E-state index in [1.54, 1.807) is 0 Å². The Hall–Kier alpha value is -0.200. The normalized spacial score (nSPS) is 20.2. The van der Waals surface area contributed by atoms with E-state index in [0.29, 0.717) is 26.4 Å². The van der Waals surface area contributed by atoms with Gasteiger partial charge in [0.05, 0.1) is 38.6 Å². The van der Waals surface area contributed by atoms with Crippen LogP contribution in [0.1, 0.15) is 46.0 Å². The zero-order valence-electron chi connectivity index (χ0n) is 12.9.